The highest BCUT2D eigenvalue weighted by atomic mass is 16.6. The van der Waals surface area contributed by atoms with Crippen molar-refractivity contribution in [2.45, 2.75) is 6.92 Å². The largest absolute Gasteiger partial charge is 0.339 e. The Morgan fingerprint density at radius 1 is 1.29 bits per heavy atom. The maximum absolute atomic E-state index is 10.9. The molecule has 0 aliphatic carbocycles. The van der Waals surface area contributed by atoms with Crippen molar-refractivity contribution in [3.05, 3.63) is 46.1 Å². The van der Waals surface area contributed by atoms with E-state index in [9.17, 15) is 10.1 Å². The average molecular weight is 227 g/mol. The fourth-order valence-corrected chi connectivity index (χ4v) is 2.03. The molecule has 0 saturated heterocycles. The van der Waals surface area contributed by atoms with E-state index in [4.69, 9.17) is 0 Å². The predicted octanol–water partition coefficient (Wildman–Crippen LogP) is 2.93. The molecule has 5 nitrogen and oxygen atoms in total. The van der Waals surface area contributed by atoms with Crippen LogP contribution < -0.4 is 0 Å². The molecule has 3 aromatic rings. The summed E-state index contributed by atoms with van der Waals surface area (Å²) < 4.78 is 0. The van der Waals surface area contributed by atoms with E-state index in [1.54, 1.807) is 13.0 Å². The van der Waals surface area contributed by atoms with Crippen LogP contribution in [0.2, 0.25) is 0 Å². The Balaban J connectivity index is 2.47. The molecule has 2 heterocycles. The third-order valence-corrected chi connectivity index (χ3v) is 2.85. The zero-order chi connectivity index (χ0) is 12.0. The highest BCUT2D eigenvalue weighted by molar-refractivity contribution is 6.06. The van der Waals surface area contributed by atoms with Crippen molar-refractivity contribution in [1.29, 1.82) is 0 Å². The molecule has 1 aromatic carbocycles. The van der Waals surface area contributed by atoms with Gasteiger partial charge in [0.15, 0.2) is 0 Å². The fourth-order valence-electron chi connectivity index (χ4n) is 2.03. The first-order chi connectivity index (χ1) is 8.16. The second kappa shape index (κ2) is 3.28. The summed E-state index contributed by atoms with van der Waals surface area (Å²) in [6, 6.07) is 9.25. The molecule has 0 amide bonds. The summed E-state index contributed by atoms with van der Waals surface area (Å²) in [7, 11) is 0. The summed E-state index contributed by atoms with van der Waals surface area (Å²) in [6.45, 7) is 1.64. The topological polar surface area (TPSA) is 71.8 Å². The highest BCUT2D eigenvalue weighted by Gasteiger charge is 2.15. The number of fused-ring (bicyclic) bond motifs is 3. The second-order valence-electron chi connectivity index (χ2n) is 3.92. The van der Waals surface area contributed by atoms with Crippen molar-refractivity contribution in [2.24, 2.45) is 0 Å². The van der Waals surface area contributed by atoms with Crippen LogP contribution in [0.1, 0.15) is 5.69 Å². The Bertz CT molecular complexity index is 746. The summed E-state index contributed by atoms with van der Waals surface area (Å²) in [4.78, 5) is 17.9. The van der Waals surface area contributed by atoms with Crippen LogP contribution in [0.4, 0.5) is 5.69 Å². The second-order valence-corrected chi connectivity index (χ2v) is 3.92. The molecule has 0 unspecified atom stereocenters. The number of nitrogens with one attached hydrogen (secondary N) is 1. The number of aryl methyl sites for hydroxylation is 1. The Kier molecular flexibility index (Phi) is 1.89. The van der Waals surface area contributed by atoms with Gasteiger partial charge in [0.05, 0.1) is 4.92 Å². The lowest BCUT2D eigenvalue weighted by Gasteiger charge is -1.96. The molecule has 0 aliphatic heterocycles. The number of nitrogens with zero attached hydrogens (tertiary/aromatic N) is 2. The Morgan fingerprint density at radius 2 is 2.06 bits per heavy atom. The predicted molar refractivity (Wildman–Crippen MR) is 65.0 cm³/mol. The molecule has 17 heavy (non-hydrogen) atoms. The monoisotopic (exact) mass is 227 g/mol. The SMILES string of the molecule is Cc1nc2[nH]c3ccccc3c2cc1[N+](=O)[O-]. The maximum Gasteiger partial charge on any atom is 0.291 e. The Labute approximate surface area is 96.2 Å². The lowest BCUT2D eigenvalue weighted by Crippen LogP contribution is -1.94. The molecule has 1 N–H and O–H groups in total. The zero-order valence-electron chi connectivity index (χ0n) is 9.10. The lowest BCUT2D eigenvalue weighted by atomic mass is 10.2. The van der Waals surface area contributed by atoms with Crippen LogP contribution in [-0.2, 0) is 0 Å². The van der Waals surface area contributed by atoms with Gasteiger partial charge in [0.2, 0.25) is 0 Å². The van der Waals surface area contributed by atoms with Crippen LogP contribution in [-0.4, -0.2) is 14.9 Å². The number of hydrogen-bond donors (Lipinski definition) is 1. The van der Waals surface area contributed by atoms with Crippen LogP contribution in [0, 0.1) is 17.0 Å². The molecule has 0 saturated carbocycles. The summed E-state index contributed by atoms with van der Waals surface area (Å²) in [5, 5.41) is 12.6. The van der Waals surface area contributed by atoms with Gasteiger partial charge in [0.1, 0.15) is 11.3 Å². The number of H-pyrrole nitrogens is 1. The molecule has 3 rings (SSSR count). The number of rotatable bonds is 1. The third kappa shape index (κ3) is 1.36. The lowest BCUT2D eigenvalue weighted by molar-refractivity contribution is -0.385. The molecule has 0 aliphatic rings. The molecule has 0 spiro atoms. The Hall–Kier alpha value is -2.43. The average Bonchev–Trinajstić information content (AvgIpc) is 2.64. The number of nitro groups is 1. The number of aromatic nitrogens is 2. The van der Waals surface area contributed by atoms with E-state index in [-0.39, 0.29) is 5.69 Å². The minimum Gasteiger partial charge on any atom is -0.339 e. The van der Waals surface area contributed by atoms with Crippen molar-refractivity contribution in [3.8, 4) is 0 Å². The number of hydrogen-bond acceptors (Lipinski definition) is 3. The van der Waals surface area contributed by atoms with Crippen molar-refractivity contribution in [2.75, 3.05) is 0 Å². The van der Waals surface area contributed by atoms with E-state index in [0.717, 1.165) is 16.3 Å². The van der Waals surface area contributed by atoms with Crippen molar-refractivity contribution in [3.63, 3.8) is 0 Å². The van der Waals surface area contributed by atoms with Gasteiger partial charge in [-0.25, -0.2) is 4.98 Å². The minimum absolute atomic E-state index is 0.0576. The van der Waals surface area contributed by atoms with Crippen LogP contribution in [0.25, 0.3) is 21.9 Å². The van der Waals surface area contributed by atoms with Gasteiger partial charge >= 0.3 is 0 Å². The van der Waals surface area contributed by atoms with Crippen LogP contribution in [0.15, 0.2) is 30.3 Å². The first-order valence-electron chi connectivity index (χ1n) is 5.19. The Morgan fingerprint density at radius 3 is 2.82 bits per heavy atom. The van der Waals surface area contributed by atoms with Gasteiger partial charge in [-0.1, -0.05) is 18.2 Å². The first kappa shape index (κ1) is 9.77. The normalized spacial score (nSPS) is 11.1. The van der Waals surface area contributed by atoms with E-state index >= 15 is 0 Å². The summed E-state index contributed by atoms with van der Waals surface area (Å²) in [6.07, 6.45) is 0. The van der Waals surface area contributed by atoms with Gasteiger partial charge in [0.25, 0.3) is 5.69 Å². The molecule has 5 heteroatoms. The minimum atomic E-state index is -0.399. The third-order valence-electron chi connectivity index (χ3n) is 2.85. The number of aromatic amines is 1. The van der Waals surface area contributed by atoms with E-state index in [1.165, 1.54) is 0 Å². The molecule has 0 fully saturated rings. The molecular formula is C12H9N3O2. The molecule has 84 valence electrons. The standard InChI is InChI=1S/C12H9N3O2/c1-7-11(15(16)17)6-9-8-4-2-3-5-10(8)14-12(9)13-7/h2-6H,1H3,(H,13,14). The van der Waals surface area contributed by atoms with Crippen molar-refractivity contribution in [1.82, 2.24) is 9.97 Å². The molecule has 0 radical (unpaired) electrons. The number of benzene rings is 1. The molecular weight excluding hydrogens is 218 g/mol. The van der Waals surface area contributed by atoms with E-state index in [1.807, 2.05) is 24.3 Å². The highest BCUT2D eigenvalue weighted by Crippen LogP contribution is 2.28. The first-order valence-corrected chi connectivity index (χ1v) is 5.19. The van der Waals surface area contributed by atoms with Crippen molar-refractivity contribution >= 4 is 27.6 Å². The summed E-state index contributed by atoms with van der Waals surface area (Å²) >= 11 is 0. The van der Waals surface area contributed by atoms with Crippen LogP contribution >= 0.6 is 0 Å². The molecule has 2 aromatic heterocycles. The van der Waals surface area contributed by atoms with Gasteiger partial charge in [-0.05, 0) is 13.0 Å². The van der Waals surface area contributed by atoms with Gasteiger partial charge in [0, 0.05) is 22.4 Å². The van der Waals surface area contributed by atoms with E-state index in [2.05, 4.69) is 9.97 Å². The summed E-state index contributed by atoms with van der Waals surface area (Å²) in [5.74, 6) is 0. The number of pyridine rings is 1. The summed E-state index contributed by atoms with van der Waals surface area (Å²) in [5.41, 5.74) is 2.11. The van der Waals surface area contributed by atoms with Gasteiger partial charge in [-0.3, -0.25) is 10.1 Å². The smallest absolute Gasteiger partial charge is 0.291 e. The van der Waals surface area contributed by atoms with Crippen molar-refractivity contribution < 1.29 is 4.92 Å². The molecule has 0 atom stereocenters. The quantitative estimate of drug-likeness (QED) is 0.513. The van der Waals surface area contributed by atoms with Gasteiger partial charge in [-0.15, -0.1) is 0 Å². The zero-order valence-corrected chi connectivity index (χ0v) is 9.10. The van der Waals surface area contributed by atoms with Gasteiger partial charge < -0.3 is 4.98 Å². The van der Waals surface area contributed by atoms with E-state index < -0.39 is 4.92 Å². The molecule has 0 bridgehead atoms. The van der Waals surface area contributed by atoms with Crippen LogP contribution in [0.5, 0.6) is 0 Å². The maximum atomic E-state index is 10.9. The fraction of sp³-hybridized carbons (Fsp3) is 0.0833. The van der Waals surface area contributed by atoms with Gasteiger partial charge in [-0.2, -0.15) is 0 Å². The van der Waals surface area contributed by atoms with Crippen LogP contribution in [0.3, 0.4) is 0 Å². The number of para-hydroxylation sites is 1. The van der Waals surface area contributed by atoms with E-state index in [0.29, 0.717) is 11.3 Å².